The molecule has 0 aliphatic rings. The van der Waals surface area contributed by atoms with Gasteiger partial charge in [-0.15, -0.1) is 17.9 Å². The van der Waals surface area contributed by atoms with Gasteiger partial charge >= 0.3 is 0 Å². The molecule has 4 heteroatoms. The molecule has 2 N–H and O–H groups in total. The minimum absolute atomic E-state index is 0.196. The molecule has 3 nitrogen and oxygen atoms in total. The van der Waals surface area contributed by atoms with Crippen molar-refractivity contribution in [2.45, 2.75) is 19.3 Å². The van der Waals surface area contributed by atoms with Crippen LogP contribution in [0.3, 0.4) is 0 Å². The summed E-state index contributed by atoms with van der Waals surface area (Å²) >= 11 is 1.66. The van der Waals surface area contributed by atoms with E-state index in [0.29, 0.717) is 0 Å². The summed E-state index contributed by atoms with van der Waals surface area (Å²) in [5.74, 6) is 0.485. The lowest BCUT2D eigenvalue weighted by molar-refractivity contribution is 0.476. The molecular formula is C16H16N2OS. The summed E-state index contributed by atoms with van der Waals surface area (Å²) < 4.78 is 0. The lowest BCUT2D eigenvalue weighted by Crippen LogP contribution is -1.99. The van der Waals surface area contributed by atoms with Gasteiger partial charge in [-0.1, -0.05) is 6.08 Å². The lowest BCUT2D eigenvalue weighted by atomic mass is 9.96. The van der Waals surface area contributed by atoms with Crippen LogP contribution in [0.4, 0.5) is 0 Å². The van der Waals surface area contributed by atoms with Crippen LogP contribution in [0.5, 0.6) is 5.75 Å². The van der Waals surface area contributed by atoms with E-state index in [0.717, 1.165) is 28.0 Å². The van der Waals surface area contributed by atoms with Gasteiger partial charge in [0.15, 0.2) is 0 Å². The highest BCUT2D eigenvalue weighted by molar-refractivity contribution is 7.09. The highest BCUT2D eigenvalue weighted by atomic mass is 32.1. The van der Waals surface area contributed by atoms with Crippen molar-refractivity contribution in [2.75, 3.05) is 0 Å². The first-order chi connectivity index (χ1) is 9.67. The van der Waals surface area contributed by atoms with Crippen molar-refractivity contribution in [2.24, 2.45) is 0 Å². The minimum Gasteiger partial charge on any atom is -0.508 e. The van der Waals surface area contributed by atoms with Gasteiger partial charge in [0.2, 0.25) is 0 Å². The van der Waals surface area contributed by atoms with Gasteiger partial charge in [0.05, 0.1) is 10.7 Å². The number of hydrogen-bond donors (Lipinski definition) is 2. The highest BCUT2D eigenvalue weighted by Gasteiger charge is 2.14. The highest BCUT2D eigenvalue weighted by Crippen LogP contribution is 2.29. The SMILES string of the molecule is C=C[C@@H](Cc1c[nH]c2ccc(O)cc12)c1csc(C)n1. The van der Waals surface area contributed by atoms with Crippen molar-refractivity contribution in [3.05, 3.63) is 58.7 Å². The van der Waals surface area contributed by atoms with Crippen LogP contribution in [0.25, 0.3) is 10.9 Å². The molecule has 1 atom stereocenters. The van der Waals surface area contributed by atoms with Gasteiger partial charge in [-0.05, 0) is 37.1 Å². The second kappa shape index (κ2) is 5.13. The second-order valence-electron chi connectivity index (χ2n) is 4.88. The Kier molecular flexibility index (Phi) is 3.32. The number of H-pyrrole nitrogens is 1. The largest absolute Gasteiger partial charge is 0.508 e. The molecule has 0 aliphatic heterocycles. The summed E-state index contributed by atoms with van der Waals surface area (Å²) in [6.45, 7) is 5.94. The number of nitrogens with zero attached hydrogens (tertiary/aromatic N) is 1. The standard InChI is InChI=1S/C16H16N2OS/c1-3-11(16-9-20-10(2)18-16)6-12-8-17-15-5-4-13(19)7-14(12)15/h3-5,7-9,11,17,19H,1,6H2,2H3/t11-/m0/s1. The van der Waals surface area contributed by atoms with Crippen LogP contribution in [0.15, 0.2) is 42.4 Å². The fraction of sp³-hybridized carbons (Fsp3) is 0.188. The van der Waals surface area contributed by atoms with Crippen LogP contribution in [0.2, 0.25) is 0 Å². The Hall–Kier alpha value is -2.07. The molecule has 0 aliphatic carbocycles. The first-order valence-electron chi connectivity index (χ1n) is 6.51. The van der Waals surface area contributed by atoms with Gasteiger partial charge in [0.25, 0.3) is 0 Å². The van der Waals surface area contributed by atoms with Crippen LogP contribution < -0.4 is 0 Å². The fourth-order valence-corrected chi connectivity index (χ4v) is 3.11. The molecule has 20 heavy (non-hydrogen) atoms. The number of thiazole rings is 1. The Morgan fingerprint density at radius 3 is 3.05 bits per heavy atom. The zero-order valence-corrected chi connectivity index (χ0v) is 12.1. The first kappa shape index (κ1) is 12.9. The number of aromatic hydroxyl groups is 1. The van der Waals surface area contributed by atoms with Crippen LogP contribution in [-0.4, -0.2) is 15.1 Å². The van der Waals surface area contributed by atoms with Gasteiger partial charge in [-0.25, -0.2) is 4.98 Å². The van der Waals surface area contributed by atoms with Crippen LogP contribution in [0, 0.1) is 6.92 Å². The summed E-state index contributed by atoms with van der Waals surface area (Å²) in [6.07, 6.45) is 4.77. The van der Waals surface area contributed by atoms with Crippen molar-refractivity contribution >= 4 is 22.2 Å². The molecule has 1 aromatic carbocycles. The number of nitrogens with one attached hydrogen (secondary N) is 1. The third-order valence-electron chi connectivity index (χ3n) is 3.49. The summed E-state index contributed by atoms with van der Waals surface area (Å²) in [6, 6.07) is 5.38. The van der Waals surface area contributed by atoms with Crippen LogP contribution in [-0.2, 0) is 6.42 Å². The molecule has 2 aromatic heterocycles. The Morgan fingerprint density at radius 2 is 2.35 bits per heavy atom. The fourth-order valence-electron chi connectivity index (χ4n) is 2.43. The van der Waals surface area contributed by atoms with Gasteiger partial charge in [-0.3, -0.25) is 0 Å². The van der Waals surface area contributed by atoms with Crippen molar-refractivity contribution in [3.8, 4) is 5.75 Å². The van der Waals surface area contributed by atoms with E-state index in [1.807, 2.05) is 25.3 Å². The quantitative estimate of drug-likeness (QED) is 0.707. The molecule has 0 spiro atoms. The smallest absolute Gasteiger partial charge is 0.116 e. The number of aromatic amines is 1. The molecule has 102 valence electrons. The predicted molar refractivity (Wildman–Crippen MR) is 83.5 cm³/mol. The molecule has 0 saturated heterocycles. The van der Waals surface area contributed by atoms with Crippen molar-refractivity contribution in [3.63, 3.8) is 0 Å². The van der Waals surface area contributed by atoms with E-state index in [1.165, 1.54) is 5.56 Å². The molecule has 2 heterocycles. The van der Waals surface area contributed by atoms with Gasteiger partial charge in [-0.2, -0.15) is 0 Å². The molecule has 0 fully saturated rings. The van der Waals surface area contributed by atoms with E-state index < -0.39 is 0 Å². The molecular weight excluding hydrogens is 268 g/mol. The average molecular weight is 284 g/mol. The Labute approximate surface area is 121 Å². The van der Waals surface area contributed by atoms with Crippen LogP contribution in [0.1, 0.15) is 22.2 Å². The maximum Gasteiger partial charge on any atom is 0.116 e. The number of aromatic nitrogens is 2. The monoisotopic (exact) mass is 284 g/mol. The number of allylic oxidation sites excluding steroid dienone is 1. The van der Waals surface area contributed by atoms with E-state index in [1.54, 1.807) is 23.5 Å². The number of fused-ring (bicyclic) bond motifs is 1. The van der Waals surface area contributed by atoms with Crippen molar-refractivity contribution in [1.29, 1.82) is 0 Å². The third-order valence-corrected chi connectivity index (χ3v) is 4.28. The summed E-state index contributed by atoms with van der Waals surface area (Å²) in [5.41, 5.74) is 3.28. The van der Waals surface area contributed by atoms with Gasteiger partial charge < -0.3 is 10.1 Å². The average Bonchev–Trinajstić information content (AvgIpc) is 3.02. The maximum atomic E-state index is 9.64. The molecule has 0 radical (unpaired) electrons. The van der Waals surface area contributed by atoms with E-state index in [4.69, 9.17) is 0 Å². The molecule has 0 bridgehead atoms. The van der Waals surface area contributed by atoms with E-state index in [2.05, 4.69) is 21.9 Å². The third kappa shape index (κ3) is 2.34. The Bertz CT molecular complexity index is 757. The lowest BCUT2D eigenvalue weighted by Gasteiger charge is -2.09. The number of hydrogen-bond acceptors (Lipinski definition) is 3. The van der Waals surface area contributed by atoms with Crippen molar-refractivity contribution < 1.29 is 5.11 Å². The second-order valence-corrected chi connectivity index (χ2v) is 5.94. The first-order valence-corrected chi connectivity index (χ1v) is 7.39. The molecule has 3 aromatic rings. The number of rotatable bonds is 4. The molecule has 3 rings (SSSR count). The summed E-state index contributed by atoms with van der Waals surface area (Å²) in [5, 5.41) is 13.9. The maximum absolute atomic E-state index is 9.64. The van der Waals surface area contributed by atoms with Crippen molar-refractivity contribution in [1.82, 2.24) is 9.97 Å². The number of phenols is 1. The molecule has 0 amide bonds. The minimum atomic E-state index is 0.196. The van der Waals surface area contributed by atoms with Crippen LogP contribution >= 0.6 is 11.3 Å². The number of aryl methyl sites for hydroxylation is 1. The van der Waals surface area contributed by atoms with Gasteiger partial charge in [0, 0.05) is 28.4 Å². The Morgan fingerprint density at radius 1 is 1.50 bits per heavy atom. The van der Waals surface area contributed by atoms with E-state index in [9.17, 15) is 5.11 Å². The van der Waals surface area contributed by atoms with Gasteiger partial charge in [0.1, 0.15) is 5.75 Å². The zero-order valence-electron chi connectivity index (χ0n) is 11.3. The normalized spacial score (nSPS) is 12.7. The summed E-state index contributed by atoms with van der Waals surface area (Å²) in [4.78, 5) is 7.79. The van der Waals surface area contributed by atoms with E-state index >= 15 is 0 Å². The van der Waals surface area contributed by atoms with E-state index in [-0.39, 0.29) is 11.7 Å². The zero-order chi connectivity index (χ0) is 14.1. The Balaban J connectivity index is 1.95. The molecule has 0 unspecified atom stereocenters. The number of phenolic OH excluding ortho intramolecular Hbond substituents is 1. The predicted octanol–water partition coefficient (Wildman–Crippen LogP) is 4.15. The summed E-state index contributed by atoms with van der Waals surface area (Å²) in [7, 11) is 0. The molecule has 0 saturated carbocycles. The topological polar surface area (TPSA) is 48.9 Å². The number of benzene rings is 1.